The van der Waals surface area contributed by atoms with E-state index in [0.717, 1.165) is 0 Å². The summed E-state index contributed by atoms with van der Waals surface area (Å²) >= 11 is 0. The summed E-state index contributed by atoms with van der Waals surface area (Å²) in [4.78, 5) is 37.7. The quantitative estimate of drug-likeness (QED) is 0.711. The van der Waals surface area contributed by atoms with E-state index in [4.69, 9.17) is 9.47 Å². The van der Waals surface area contributed by atoms with Crippen LogP contribution < -0.4 is 20.1 Å². The van der Waals surface area contributed by atoms with E-state index in [1.807, 2.05) is 6.07 Å². The number of rotatable bonds is 8. The fraction of sp³-hybridized carbons (Fsp3) is 0.286. The van der Waals surface area contributed by atoms with Gasteiger partial charge in [-0.15, -0.1) is 0 Å². The van der Waals surface area contributed by atoms with Crippen LogP contribution in [0.3, 0.4) is 0 Å². The third-order valence-corrected chi connectivity index (χ3v) is 4.14. The number of benzene rings is 2. The van der Waals surface area contributed by atoms with Crippen molar-refractivity contribution in [1.29, 1.82) is 0 Å². The van der Waals surface area contributed by atoms with Crippen molar-refractivity contribution in [3.63, 3.8) is 0 Å². The Morgan fingerprint density at radius 3 is 1.93 bits per heavy atom. The van der Waals surface area contributed by atoms with Gasteiger partial charge in [-0.3, -0.25) is 14.4 Å². The number of anilines is 2. The molecule has 8 nitrogen and oxygen atoms in total. The monoisotopic (exact) mass is 399 g/mol. The van der Waals surface area contributed by atoms with Crippen molar-refractivity contribution < 1.29 is 23.9 Å². The molecule has 2 rings (SSSR count). The molecule has 0 radical (unpaired) electrons. The van der Waals surface area contributed by atoms with Gasteiger partial charge in [-0.2, -0.15) is 0 Å². The first kappa shape index (κ1) is 21.7. The summed E-state index contributed by atoms with van der Waals surface area (Å²) in [7, 11) is 6.18. The fourth-order valence-corrected chi connectivity index (χ4v) is 2.53. The summed E-state index contributed by atoms with van der Waals surface area (Å²) in [6.45, 7) is 0. The van der Waals surface area contributed by atoms with E-state index in [0.29, 0.717) is 28.4 Å². The van der Waals surface area contributed by atoms with Gasteiger partial charge in [0.25, 0.3) is 5.91 Å². The molecule has 154 valence electrons. The van der Waals surface area contributed by atoms with Gasteiger partial charge in [-0.05, 0) is 12.1 Å². The van der Waals surface area contributed by atoms with E-state index < -0.39 is 0 Å². The number of methoxy groups -OCH3 is 2. The van der Waals surface area contributed by atoms with Gasteiger partial charge >= 0.3 is 0 Å². The molecule has 0 aliphatic rings. The predicted molar refractivity (Wildman–Crippen MR) is 110 cm³/mol. The number of ether oxygens (including phenoxy) is 2. The van der Waals surface area contributed by atoms with Gasteiger partial charge < -0.3 is 25.0 Å². The van der Waals surface area contributed by atoms with Crippen molar-refractivity contribution in [3.8, 4) is 11.5 Å². The molecular weight excluding hydrogens is 374 g/mol. The van der Waals surface area contributed by atoms with Crippen molar-refractivity contribution in [1.82, 2.24) is 4.90 Å². The normalized spacial score (nSPS) is 10.1. The molecule has 2 N–H and O–H groups in total. The molecule has 0 aromatic heterocycles. The van der Waals surface area contributed by atoms with E-state index in [1.54, 1.807) is 50.5 Å². The first-order valence-corrected chi connectivity index (χ1v) is 8.98. The summed E-state index contributed by atoms with van der Waals surface area (Å²) in [5, 5.41) is 5.49. The van der Waals surface area contributed by atoms with Crippen LogP contribution in [0.1, 0.15) is 23.2 Å². The van der Waals surface area contributed by atoms with Crippen molar-refractivity contribution in [3.05, 3.63) is 48.0 Å². The highest BCUT2D eigenvalue weighted by Gasteiger charge is 2.17. The molecule has 2 aromatic carbocycles. The zero-order valence-electron chi connectivity index (χ0n) is 16.9. The molecule has 0 heterocycles. The molecule has 0 atom stereocenters. The van der Waals surface area contributed by atoms with E-state index in [-0.39, 0.29) is 30.6 Å². The van der Waals surface area contributed by atoms with E-state index in [2.05, 4.69) is 10.6 Å². The second-order valence-electron chi connectivity index (χ2n) is 6.41. The Morgan fingerprint density at radius 1 is 0.862 bits per heavy atom. The lowest BCUT2D eigenvalue weighted by molar-refractivity contribution is -0.130. The zero-order valence-corrected chi connectivity index (χ0v) is 16.9. The minimum absolute atomic E-state index is 0.0367. The second kappa shape index (κ2) is 10.1. The number of nitrogens with zero attached hydrogens (tertiary/aromatic N) is 1. The molecule has 0 aliphatic heterocycles. The van der Waals surface area contributed by atoms with E-state index in [1.165, 1.54) is 19.1 Å². The van der Waals surface area contributed by atoms with Gasteiger partial charge in [0.1, 0.15) is 11.5 Å². The van der Waals surface area contributed by atoms with Gasteiger partial charge in [-0.25, -0.2) is 0 Å². The van der Waals surface area contributed by atoms with E-state index in [9.17, 15) is 14.4 Å². The molecule has 0 spiro atoms. The lowest BCUT2D eigenvalue weighted by Gasteiger charge is -2.16. The van der Waals surface area contributed by atoms with Crippen LogP contribution in [0, 0.1) is 0 Å². The molecule has 0 unspecified atom stereocenters. The summed E-state index contributed by atoms with van der Waals surface area (Å²) < 4.78 is 10.7. The molecule has 0 aliphatic carbocycles. The second-order valence-corrected chi connectivity index (χ2v) is 6.41. The Hall–Kier alpha value is -3.55. The third-order valence-electron chi connectivity index (χ3n) is 4.14. The molecule has 0 saturated carbocycles. The predicted octanol–water partition coefficient (Wildman–Crippen LogP) is 2.76. The number of carbonyl (C=O) groups excluding carboxylic acids is 3. The topological polar surface area (TPSA) is 97.0 Å². The third kappa shape index (κ3) is 5.97. The molecule has 2 aromatic rings. The Kier molecular flexibility index (Phi) is 7.59. The highest BCUT2D eigenvalue weighted by atomic mass is 16.5. The Bertz CT molecular complexity index is 881. The van der Waals surface area contributed by atoms with Crippen LogP contribution in [0.2, 0.25) is 0 Å². The Balaban J connectivity index is 2.17. The number of hydrogen-bond donors (Lipinski definition) is 2. The fourth-order valence-electron chi connectivity index (χ4n) is 2.53. The van der Waals surface area contributed by atoms with Gasteiger partial charge in [-0.1, -0.05) is 18.2 Å². The minimum atomic E-state index is -0.332. The van der Waals surface area contributed by atoms with Crippen molar-refractivity contribution in [2.24, 2.45) is 0 Å². The smallest absolute Gasteiger partial charge is 0.255 e. The Labute approximate surface area is 169 Å². The van der Waals surface area contributed by atoms with Crippen LogP contribution in [0.15, 0.2) is 42.5 Å². The summed E-state index contributed by atoms with van der Waals surface area (Å²) in [5.41, 5.74) is 1.28. The van der Waals surface area contributed by atoms with Crippen LogP contribution in [-0.4, -0.2) is 50.9 Å². The molecule has 0 saturated heterocycles. The maximum Gasteiger partial charge on any atom is 0.255 e. The maximum atomic E-state index is 12.4. The van der Waals surface area contributed by atoms with Crippen LogP contribution in [0.25, 0.3) is 0 Å². The molecular formula is C21H25N3O5. The zero-order chi connectivity index (χ0) is 21.4. The minimum Gasteiger partial charge on any atom is -0.494 e. The molecule has 3 amide bonds. The van der Waals surface area contributed by atoms with Crippen LogP contribution >= 0.6 is 0 Å². The number of carbonyl (C=O) groups is 3. The first-order chi connectivity index (χ1) is 13.8. The largest absolute Gasteiger partial charge is 0.494 e. The molecule has 8 heteroatoms. The number of nitrogens with one attached hydrogen (secondary N) is 2. The van der Waals surface area contributed by atoms with Crippen molar-refractivity contribution >= 4 is 29.1 Å². The SMILES string of the molecule is COc1cc(NC(=O)c2ccccc2)c(OC)cc1NC(=O)CCC(=O)N(C)C. The van der Waals surface area contributed by atoms with Gasteiger partial charge in [0.05, 0.1) is 25.6 Å². The molecule has 29 heavy (non-hydrogen) atoms. The summed E-state index contributed by atoms with van der Waals surface area (Å²) in [6, 6.07) is 11.9. The Morgan fingerprint density at radius 2 is 1.41 bits per heavy atom. The lowest BCUT2D eigenvalue weighted by Crippen LogP contribution is -2.23. The number of hydrogen-bond acceptors (Lipinski definition) is 5. The van der Waals surface area contributed by atoms with Crippen molar-refractivity contribution in [2.45, 2.75) is 12.8 Å². The van der Waals surface area contributed by atoms with Crippen LogP contribution in [0.5, 0.6) is 11.5 Å². The van der Waals surface area contributed by atoms with Gasteiger partial charge in [0.2, 0.25) is 11.8 Å². The molecule has 0 bridgehead atoms. The van der Waals surface area contributed by atoms with Gasteiger partial charge in [0, 0.05) is 44.6 Å². The molecule has 0 fully saturated rings. The summed E-state index contributed by atoms with van der Waals surface area (Å²) in [6.07, 6.45) is 0.137. The number of amides is 3. The van der Waals surface area contributed by atoms with Crippen LogP contribution in [0.4, 0.5) is 11.4 Å². The average Bonchev–Trinajstić information content (AvgIpc) is 2.73. The lowest BCUT2D eigenvalue weighted by atomic mass is 10.2. The highest BCUT2D eigenvalue weighted by molar-refractivity contribution is 6.05. The standard InChI is InChI=1S/C21H25N3O5/c1-24(2)20(26)11-10-19(25)22-15-12-18(29-4)16(13-17(15)28-3)23-21(27)14-8-6-5-7-9-14/h5-9,12-13H,10-11H2,1-4H3,(H,22,25)(H,23,27). The van der Waals surface area contributed by atoms with Crippen LogP contribution in [-0.2, 0) is 9.59 Å². The summed E-state index contributed by atoms with van der Waals surface area (Å²) in [5.74, 6) is -0.0635. The first-order valence-electron chi connectivity index (χ1n) is 8.98. The van der Waals surface area contributed by atoms with Gasteiger partial charge in [0.15, 0.2) is 0 Å². The van der Waals surface area contributed by atoms with Crippen molar-refractivity contribution in [2.75, 3.05) is 38.9 Å². The maximum absolute atomic E-state index is 12.4. The highest BCUT2D eigenvalue weighted by Crippen LogP contribution is 2.36. The average molecular weight is 399 g/mol. The van der Waals surface area contributed by atoms with E-state index >= 15 is 0 Å².